The number of amides is 1. The average Bonchev–Trinajstić information content (AvgIpc) is 2.55. The van der Waals surface area contributed by atoms with E-state index in [9.17, 15) is 13.2 Å². The molecule has 0 heterocycles. The number of nitrogens with one attached hydrogen (secondary N) is 2. The van der Waals surface area contributed by atoms with Crippen LogP contribution in [0.1, 0.15) is 31.1 Å². The highest BCUT2D eigenvalue weighted by Crippen LogP contribution is 2.22. The van der Waals surface area contributed by atoms with Gasteiger partial charge in [-0.25, -0.2) is 8.42 Å². The first-order chi connectivity index (χ1) is 12.2. The third kappa shape index (κ3) is 5.23. The maximum Gasteiger partial charge on any atom is 0.257 e. The van der Waals surface area contributed by atoms with Crippen LogP contribution in [0.5, 0.6) is 0 Å². The number of nitrogens with zero attached hydrogens (tertiary/aromatic N) is 1. The number of rotatable bonds is 7. The highest BCUT2D eigenvalue weighted by Gasteiger charge is 2.14. The van der Waals surface area contributed by atoms with Crippen LogP contribution in [0, 0.1) is 0 Å². The van der Waals surface area contributed by atoms with Crippen molar-refractivity contribution in [3.05, 3.63) is 54.1 Å². The number of carbonyl (C=O) groups is 1. The van der Waals surface area contributed by atoms with Crippen molar-refractivity contribution < 1.29 is 13.2 Å². The molecule has 2 aromatic carbocycles. The second-order valence-corrected chi connectivity index (χ2v) is 8.05. The van der Waals surface area contributed by atoms with Gasteiger partial charge in [0.15, 0.2) is 0 Å². The molecule has 2 rings (SSSR count). The third-order valence-electron chi connectivity index (χ3n) is 3.89. The zero-order valence-electron chi connectivity index (χ0n) is 15.5. The van der Waals surface area contributed by atoms with Gasteiger partial charge >= 0.3 is 0 Å². The Hall–Kier alpha value is -2.54. The van der Waals surface area contributed by atoms with Crippen molar-refractivity contribution in [2.75, 3.05) is 27.7 Å². The molecule has 2 aromatic rings. The lowest BCUT2D eigenvalue weighted by Gasteiger charge is -2.27. The van der Waals surface area contributed by atoms with Gasteiger partial charge in [-0.15, -0.1) is 0 Å². The molecule has 0 aliphatic rings. The molecule has 2 N–H and O–H groups in total. The minimum Gasteiger partial charge on any atom is -0.369 e. The van der Waals surface area contributed by atoms with E-state index in [1.165, 1.54) is 0 Å². The van der Waals surface area contributed by atoms with Crippen molar-refractivity contribution >= 4 is 33.0 Å². The molecule has 26 heavy (non-hydrogen) atoms. The Morgan fingerprint density at radius 3 is 2.23 bits per heavy atom. The van der Waals surface area contributed by atoms with E-state index in [2.05, 4.69) is 35.7 Å². The maximum atomic E-state index is 12.5. The van der Waals surface area contributed by atoms with Gasteiger partial charge in [0.1, 0.15) is 0 Å². The summed E-state index contributed by atoms with van der Waals surface area (Å²) in [5, 5.41) is 2.81. The molecule has 0 aromatic heterocycles. The van der Waals surface area contributed by atoms with Gasteiger partial charge in [0.05, 0.1) is 17.5 Å². The minimum absolute atomic E-state index is 0.251. The molecule has 6 nitrogen and oxygen atoms in total. The van der Waals surface area contributed by atoms with E-state index in [1.54, 1.807) is 24.3 Å². The Morgan fingerprint density at radius 2 is 1.69 bits per heavy atom. The number of para-hydroxylation sites is 1. The number of anilines is 3. The van der Waals surface area contributed by atoms with Gasteiger partial charge in [-0.2, -0.15) is 0 Å². The van der Waals surface area contributed by atoms with Gasteiger partial charge in [0.25, 0.3) is 5.91 Å². The Balaban J connectivity index is 2.18. The summed E-state index contributed by atoms with van der Waals surface area (Å²) in [6.45, 7) is 7.26. The number of sulfonamides is 1. The molecule has 0 spiro atoms. The van der Waals surface area contributed by atoms with E-state index in [-0.39, 0.29) is 17.2 Å². The van der Waals surface area contributed by atoms with Gasteiger partial charge in [-0.3, -0.25) is 9.52 Å². The molecule has 0 saturated carbocycles. The minimum atomic E-state index is -3.47. The monoisotopic (exact) mass is 375 g/mol. The van der Waals surface area contributed by atoms with Gasteiger partial charge in [-0.1, -0.05) is 12.1 Å². The molecule has 0 radical (unpaired) electrons. The fraction of sp³-hybridized carbons (Fsp3) is 0.316. The van der Waals surface area contributed by atoms with Crippen LogP contribution in [0.15, 0.2) is 48.5 Å². The van der Waals surface area contributed by atoms with E-state index in [1.807, 2.05) is 24.3 Å². The number of hydrogen-bond donors (Lipinski definition) is 2. The number of benzene rings is 2. The molecule has 0 bridgehead atoms. The van der Waals surface area contributed by atoms with E-state index in [0.29, 0.717) is 11.7 Å². The Morgan fingerprint density at radius 1 is 1.08 bits per heavy atom. The van der Waals surface area contributed by atoms with Gasteiger partial charge in [0.2, 0.25) is 10.0 Å². The van der Waals surface area contributed by atoms with Crippen LogP contribution in [0.4, 0.5) is 17.1 Å². The molecule has 0 saturated heterocycles. The fourth-order valence-corrected chi connectivity index (χ4v) is 3.33. The van der Waals surface area contributed by atoms with E-state index < -0.39 is 10.0 Å². The predicted molar refractivity (Wildman–Crippen MR) is 107 cm³/mol. The molecule has 1 amide bonds. The summed E-state index contributed by atoms with van der Waals surface area (Å²) >= 11 is 0. The number of hydrogen-bond acceptors (Lipinski definition) is 4. The predicted octanol–water partition coefficient (Wildman–Crippen LogP) is 3.55. The third-order valence-corrected chi connectivity index (χ3v) is 4.48. The van der Waals surface area contributed by atoms with Crippen LogP contribution in [0.25, 0.3) is 0 Å². The topological polar surface area (TPSA) is 78.5 Å². The molecule has 0 unspecified atom stereocenters. The molecular weight excluding hydrogens is 350 g/mol. The molecule has 0 aliphatic carbocycles. The van der Waals surface area contributed by atoms with Crippen molar-refractivity contribution in [2.45, 2.75) is 26.8 Å². The van der Waals surface area contributed by atoms with Crippen molar-refractivity contribution in [3.63, 3.8) is 0 Å². The fourth-order valence-electron chi connectivity index (χ4n) is 2.75. The Bertz CT molecular complexity index is 862. The van der Waals surface area contributed by atoms with Crippen LogP contribution >= 0.6 is 0 Å². The van der Waals surface area contributed by atoms with E-state index in [0.717, 1.165) is 18.5 Å². The van der Waals surface area contributed by atoms with Crippen molar-refractivity contribution in [1.29, 1.82) is 0 Å². The first-order valence-electron chi connectivity index (χ1n) is 8.46. The zero-order chi connectivity index (χ0) is 19.3. The van der Waals surface area contributed by atoms with Crippen LogP contribution in [-0.4, -0.2) is 33.2 Å². The molecule has 0 atom stereocenters. The Labute approximate surface area is 155 Å². The molecule has 0 fully saturated rings. The summed E-state index contributed by atoms with van der Waals surface area (Å²) in [6, 6.07) is 14.5. The highest BCUT2D eigenvalue weighted by molar-refractivity contribution is 7.92. The highest BCUT2D eigenvalue weighted by atomic mass is 32.2. The Kier molecular flexibility index (Phi) is 6.26. The zero-order valence-corrected chi connectivity index (χ0v) is 16.3. The normalized spacial score (nSPS) is 11.3. The second kappa shape index (κ2) is 8.23. The van der Waals surface area contributed by atoms with Crippen molar-refractivity contribution in [2.24, 2.45) is 0 Å². The van der Waals surface area contributed by atoms with Crippen LogP contribution in [-0.2, 0) is 10.0 Å². The smallest absolute Gasteiger partial charge is 0.257 e. The first kappa shape index (κ1) is 19.8. The van der Waals surface area contributed by atoms with Gasteiger partial charge in [-0.05, 0) is 57.2 Å². The summed E-state index contributed by atoms with van der Waals surface area (Å²) < 4.78 is 25.3. The van der Waals surface area contributed by atoms with E-state index in [4.69, 9.17) is 0 Å². The van der Waals surface area contributed by atoms with Gasteiger partial charge in [0, 0.05) is 24.0 Å². The average molecular weight is 375 g/mol. The second-order valence-electron chi connectivity index (χ2n) is 6.30. The summed E-state index contributed by atoms with van der Waals surface area (Å²) in [7, 11) is -3.47. The largest absolute Gasteiger partial charge is 0.369 e. The van der Waals surface area contributed by atoms with E-state index >= 15 is 0 Å². The SMILES string of the molecule is CCN(c1ccc(NC(=O)c2ccccc2NS(C)(=O)=O)cc1)C(C)C. The van der Waals surface area contributed by atoms with Crippen molar-refractivity contribution in [1.82, 2.24) is 0 Å². The van der Waals surface area contributed by atoms with Crippen LogP contribution in [0.2, 0.25) is 0 Å². The summed E-state index contributed by atoms with van der Waals surface area (Å²) in [5.74, 6) is -0.374. The lowest BCUT2D eigenvalue weighted by atomic mass is 10.1. The summed E-state index contributed by atoms with van der Waals surface area (Å²) in [4.78, 5) is 14.8. The maximum absolute atomic E-state index is 12.5. The van der Waals surface area contributed by atoms with Crippen LogP contribution in [0.3, 0.4) is 0 Å². The van der Waals surface area contributed by atoms with Crippen molar-refractivity contribution in [3.8, 4) is 0 Å². The summed E-state index contributed by atoms with van der Waals surface area (Å²) in [5.41, 5.74) is 2.24. The quantitative estimate of drug-likeness (QED) is 0.776. The summed E-state index contributed by atoms with van der Waals surface area (Å²) in [6.07, 6.45) is 1.05. The molecular formula is C19H25N3O3S. The van der Waals surface area contributed by atoms with Gasteiger partial charge < -0.3 is 10.2 Å². The van der Waals surface area contributed by atoms with Crippen LogP contribution < -0.4 is 14.9 Å². The molecule has 140 valence electrons. The molecule has 7 heteroatoms. The standard InChI is InChI=1S/C19H25N3O3S/c1-5-22(14(2)3)16-12-10-15(11-13-16)20-19(23)17-8-6-7-9-18(17)21-26(4,24)25/h6-14,21H,5H2,1-4H3,(H,20,23). The molecule has 0 aliphatic heterocycles. The lowest BCUT2D eigenvalue weighted by Crippen LogP contribution is -2.30. The lowest BCUT2D eigenvalue weighted by molar-refractivity contribution is 0.102. The first-order valence-corrected chi connectivity index (χ1v) is 10.3. The number of carbonyl (C=O) groups excluding carboxylic acids is 1.